The highest BCUT2D eigenvalue weighted by atomic mass is 16.6. The molecule has 5 heteroatoms. The highest BCUT2D eigenvalue weighted by Gasteiger charge is 2.48. The van der Waals surface area contributed by atoms with E-state index in [0.717, 1.165) is 18.7 Å². The van der Waals surface area contributed by atoms with Crippen LogP contribution in [0.4, 0.5) is 0 Å². The zero-order valence-electron chi connectivity index (χ0n) is 15.1. The van der Waals surface area contributed by atoms with Gasteiger partial charge in [-0.2, -0.15) is 0 Å². The van der Waals surface area contributed by atoms with Crippen LogP contribution in [0.2, 0.25) is 0 Å². The molecule has 0 spiro atoms. The van der Waals surface area contributed by atoms with Crippen molar-refractivity contribution in [2.24, 2.45) is 11.8 Å². The van der Waals surface area contributed by atoms with Crippen LogP contribution in [-0.2, 0) is 9.53 Å². The molecule has 0 bridgehead atoms. The maximum Gasteiger partial charge on any atom is 0.311 e. The van der Waals surface area contributed by atoms with E-state index in [9.17, 15) is 15.0 Å². The Labute approximate surface area is 145 Å². The Bertz CT molecular complexity index is 498. The minimum atomic E-state index is -0.718. The Hall–Kier alpha value is -1.17. The summed E-state index contributed by atoms with van der Waals surface area (Å²) >= 11 is 0. The van der Waals surface area contributed by atoms with Crippen LogP contribution < -0.4 is 0 Å². The van der Waals surface area contributed by atoms with Gasteiger partial charge in [-0.05, 0) is 38.4 Å². The molecule has 1 heterocycles. The van der Waals surface area contributed by atoms with Gasteiger partial charge in [0.1, 0.15) is 6.10 Å². The van der Waals surface area contributed by atoms with Crippen LogP contribution in [0.25, 0.3) is 0 Å². The van der Waals surface area contributed by atoms with Gasteiger partial charge in [0, 0.05) is 18.9 Å². The molecule has 1 fully saturated rings. The zero-order valence-corrected chi connectivity index (χ0v) is 15.1. The van der Waals surface area contributed by atoms with Crippen molar-refractivity contribution in [3.63, 3.8) is 0 Å². The molecule has 2 rings (SSSR count). The number of hydrogen-bond acceptors (Lipinski definition) is 5. The number of ether oxygens (including phenoxy) is 1. The van der Waals surface area contributed by atoms with E-state index in [4.69, 9.17) is 4.74 Å². The molecule has 1 aliphatic carbocycles. The fourth-order valence-corrected chi connectivity index (χ4v) is 3.77. The fourth-order valence-electron chi connectivity index (χ4n) is 3.77. The minimum Gasteiger partial charge on any atom is -0.461 e. The summed E-state index contributed by atoms with van der Waals surface area (Å²) in [6.07, 6.45) is 1.81. The van der Waals surface area contributed by atoms with Crippen LogP contribution in [0.15, 0.2) is 23.8 Å². The van der Waals surface area contributed by atoms with Crippen molar-refractivity contribution in [1.29, 1.82) is 0 Å². The third-order valence-electron chi connectivity index (χ3n) is 5.41. The van der Waals surface area contributed by atoms with Crippen molar-refractivity contribution in [2.75, 3.05) is 19.6 Å². The Morgan fingerprint density at radius 3 is 2.62 bits per heavy atom. The van der Waals surface area contributed by atoms with Gasteiger partial charge in [-0.15, -0.1) is 0 Å². The first-order valence-electron chi connectivity index (χ1n) is 9.01. The third kappa shape index (κ3) is 4.26. The van der Waals surface area contributed by atoms with Crippen molar-refractivity contribution in [3.05, 3.63) is 23.8 Å². The fraction of sp³-hybridized carbons (Fsp3) is 0.737. The Morgan fingerprint density at radius 2 is 2.00 bits per heavy atom. The number of rotatable bonds is 4. The number of carbonyl (C=O) groups excluding carboxylic acids is 1. The molecule has 5 nitrogen and oxygen atoms in total. The molecular formula is C19H31NO4. The van der Waals surface area contributed by atoms with Gasteiger partial charge >= 0.3 is 5.97 Å². The third-order valence-corrected chi connectivity index (χ3v) is 5.41. The van der Waals surface area contributed by atoms with Crippen LogP contribution in [0, 0.1) is 11.8 Å². The monoisotopic (exact) mass is 337 g/mol. The summed E-state index contributed by atoms with van der Waals surface area (Å²) in [6, 6.07) is 0. The highest BCUT2D eigenvalue weighted by molar-refractivity contribution is 5.76. The predicted molar refractivity (Wildman–Crippen MR) is 93.4 cm³/mol. The molecule has 0 saturated carbocycles. The average Bonchev–Trinajstić information content (AvgIpc) is 2.84. The quantitative estimate of drug-likeness (QED) is 0.606. The molecular weight excluding hydrogens is 306 g/mol. The first kappa shape index (κ1) is 19.2. The summed E-state index contributed by atoms with van der Waals surface area (Å²) in [5.74, 6) is -0.892. The summed E-state index contributed by atoms with van der Waals surface area (Å²) < 4.78 is 5.60. The van der Waals surface area contributed by atoms with E-state index in [0.29, 0.717) is 31.4 Å². The molecule has 0 unspecified atom stereocenters. The van der Waals surface area contributed by atoms with E-state index in [1.54, 1.807) is 0 Å². The largest absolute Gasteiger partial charge is 0.461 e. The molecule has 2 aliphatic rings. The second-order valence-electron chi connectivity index (χ2n) is 7.07. The lowest BCUT2D eigenvalue weighted by molar-refractivity contribution is -0.144. The number of allylic oxidation sites excluding steroid dienone is 1. The van der Waals surface area contributed by atoms with Crippen molar-refractivity contribution in [2.45, 2.75) is 58.3 Å². The summed E-state index contributed by atoms with van der Waals surface area (Å²) in [7, 11) is 0. The van der Waals surface area contributed by atoms with Gasteiger partial charge in [-0.3, -0.25) is 4.79 Å². The van der Waals surface area contributed by atoms with Crippen molar-refractivity contribution < 1.29 is 19.7 Å². The number of aliphatic hydroxyl groups excluding tert-OH is 2. The van der Waals surface area contributed by atoms with Gasteiger partial charge in [0.05, 0.1) is 18.1 Å². The molecule has 0 aromatic rings. The van der Waals surface area contributed by atoms with Gasteiger partial charge in [-0.25, -0.2) is 0 Å². The molecule has 1 aliphatic heterocycles. The van der Waals surface area contributed by atoms with E-state index in [-0.39, 0.29) is 17.8 Å². The SMILES string of the molecule is C=C1C[C@@H]2OC(=O)[C@@H](CN(CC)CC)[C@@H]2[C@H](O)/C=C(\C)CC[C@@H]1O. The molecule has 5 atom stereocenters. The number of carbonyl (C=O) groups is 1. The second kappa shape index (κ2) is 8.28. The van der Waals surface area contributed by atoms with E-state index in [1.807, 2.05) is 13.0 Å². The maximum absolute atomic E-state index is 12.4. The highest BCUT2D eigenvalue weighted by Crippen LogP contribution is 2.37. The second-order valence-corrected chi connectivity index (χ2v) is 7.07. The lowest BCUT2D eigenvalue weighted by Crippen LogP contribution is -2.40. The summed E-state index contributed by atoms with van der Waals surface area (Å²) in [6.45, 7) is 12.3. The van der Waals surface area contributed by atoms with Gasteiger partial charge in [0.25, 0.3) is 0 Å². The number of aliphatic hydroxyl groups is 2. The number of nitrogens with zero attached hydrogens (tertiary/aromatic N) is 1. The lowest BCUT2D eigenvalue weighted by atomic mass is 9.80. The average molecular weight is 337 g/mol. The van der Waals surface area contributed by atoms with Crippen LogP contribution in [0.5, 0.6) is 0 Å². The lowest BCUT2D eigenvalue weighted by Gasteiger charge is -2.29. The van der Waals surface area contributed by atoms with Crippen LogP contribution in [0.1, 0.15) is 40.0 Å². The molecule has 2 N–H and O–H groups in total. The standard InChI is InChI=1S/C19H31NO4/c1-5-20(6-2)11-14-18-16(22)9-12(3)7-8-15(21)13(4)10-17(18)24-19(14)23/h9,14-18,21-22H,4-8,10-11H2,1-3H3/b12-9+/t14-,15-,16+,17-,18+/m0/s1. The maximum atomic E-state index is 12.4. The Kier molecular flexibility index (Phi) is 6.61. The Morgan fingerprint density at radius 1 is 1.33 bits per heavy atom. The summed E-state index contributed by atoms with van der Waals surface area (Å²) in [5.41, 5.74) is 1.71. The number of fused-ring (bicyclic) bond motifs is 1. The van der Waals surface area contributed by atoms with E-state index >= 15 is 0 Å². The van der Waals surface area contributed by atoms with E-state index in [2.05, 4.69) is 25.3 Å². The Balaban J connectivity index is 2.29. The smallest absolute Gasteiger partial charge is 0.311 e. The van der Waals surface area contributed by atoms with E-state index < -0.39 is 18.3 Å². The molecule has 0 radical (unpaired) electrons. The molecule has 0 amide bonds. The first-order valence-corrected chi connectivity index (χ1v) is 9.01. The molecule has 0 aromatic carbocycles. The topological polar surface area (TPSA) is 70.0 Å². The molecule has 24 heavy (non-hydrogen) atoms. The minimum absolute atomic E-state index is 0.247. The van der Waals surface area contributed by atoms with Gasteiger partial charge in [-0.1, -0.05) is 32.1 Å². The van der Waals surface area contributed by atoms with Crippen LogP contribution >= 0.6 is 0 Å². The summed E-state index contributed by atoms with van der Waals surface area (Å²) in [5, 5.41) is 21.0. The van der Waals surface area contributed by atoms with Crippen molar-refractivity contribution in [1.82, 2.24) is 4.90 Å². The van der Waals surface area contributed by atoms with Crippen LogP contribution in [0.3, 0.4) is 0 Å². The van der Waals surface area contributed by atoms with E-state index in [1.165, 1.54) is 0 Å². The van der Waals surface area contributed by atoms with Gasteiger partial charge < -0.3 is 19.8 Å². The first-order chi connectivity index (χ1) is 11.4. The summed E-state index contributed by atoms with van der Waals surface area (Å²) in [4.78, 5) is 14.6. The zero-order chi connectivity index (χ0) is 17.9. The number of hydrogen-bond donors (Lipinski definition) is 2. The molecule has 1 saturated heterocycles. The van der Waals surface area contributed by atoms with Gasteiger partial charge in [0.2, 0.25) is 0 Å². The van der Waals surface area contributed by atoms with Crippen molar-refractivity contribution in [3.8, 4) is 0 Å². The molecule has 0 aromatic heterocycles. The van der Waals surface area contributed by atoms with Gasteiger partial charge in [0.15, 0.2) is 0 Å². The van der Waals surface area contributed by atoms with Crippen LogP contribution in [-0.4, -0.2) is 59.0 Å². The normalized spacial score (nSPS) is 36.9. The molecule has 136 valence electrons. The number of esters is 1. The predicted octanol–water partition coefficient (Wildman–Crippen LogP) is 1.89. The van der Waals surface area contributed by atoms with Crippen molar-refractivity contribution >= 4 is 5.97 Å².